The SMILES string of the molecule is C=C(C)Nc1cc(SC(C)(C)C(=O)O)ccc1N(CC(C)(C)O)C(CCC)CCC. The number of carbonyl (C=O) groups is 1. The molecule has 1 rings (SSSR count). The van der Waals surface area contributed by atoms with Crippen LogP contribution in [0.2, 0.25) is 0 Å². The highest BCUT2D eigenvalue weighted by Gasteiger charge is 2.30. The van der Waals surface area contributed by atoms with Crippen molar-refractivity contribution in [2.75, 3.05) is 16.8 Å². The second kappa shape index (κ2) is 11.1. The summed E-state index contributed by atoms with van der Waals surface area (Å²) in [6, 6.07) is 6.31. The van der Waals surface area contributed by atoms with Gasteiger partial charge in [-0.3, -0.25) is 4.79 Å². The summed E-state index contributed by atoms with van der Waals surface area (Å²) in [5.74, 6) is -0.847. The zero-order valence-corrected chi connectivity index (χ0v) is 20.5. The molecule has 0 amide bonds. The molecule has 0 aliphatic rings. The summed E-state index contributed by atoms with van der Waals surface area (Å²) in [4.78, 5) is 14.7. The van der Waals surface area contributed by atoms with Crippen LogP contribution in [0.5, 0.6) is 0 Å². The molecule has 0 aliphatic carbocycles. The van der Waals surface area contributed by atoms with Crippen LogP contribution in [0.3, 0.4) is 0 Å². The lowest BCUT2D eigenvalue weighted by Gasteiger charge is -2.39. The van der Waals surface area contributed by atoms with Crippen molar-refractivity contribution in [3.8, 4) is 0 Å². The van der Waals surface area contributed by atoms with Gasteiger partial charge in [0.2, 0.25) is 0 Å². The summed E-state index contributed by atoms with van der Waals surface area (Å²) < 4.78 is -0.929. The van der Waals surface area contributed by atoms with Crippen molar-refractivity contribution in [3.63, 3.8) is 0 Å². The van der Waals surface area contributed by atoms with Crippen LogP contribution in [0.4, 0.5) is 11.4 Å². The monoisotopic (exact) mass is 436 g/mol. The van der Waals surface area contributed by atoms with Crippen LogP contribution in [0.15, 0.2) is 35.4 Å². The van der Waals surface area contributed by atoms with Gasteiger partial charge in [-0.25, -0.2) is 0 Å². The van der Waals surface area contributed by atoms with Crippen LogP contribution < -0.4 is 10.2 Å². The van der Waals surface area contributed by atoms with E-state index >= 15 is 0 Å². The molecular weight excluding hydrogens is 396 g/mol. The summed E-state index contributed by atoms with van der Waals surface area (Å²) in [6.45, 7) is 17.9. The van der Waals surface area contributed by atoms with E-state index in [1.165, 1.54) is 11.8 Å². The minimum atomic E-state index is -0.929. The first kappa shape index (κ1) is 26.4. The maximum absolute atomic E-state index is 11.6. The molecule has 0 bridgehead atoms. The minimum Gasteiger partial charge on any atom is -0.480 e. The smallest absolute Gasteiger partial charge is 0.319 e. The first-order valence-corrected chi connectivity index (χ1v) is 11.6. The van der Waals surface area contributed by atoms with Gasteiger partial charge in [0.25, 0.3) is 0 Å². The Labute approximate surface area is 186 Å². The number of carboxylic acids is 1. The lowest BCUT2D eigenvalue weighted by atomic mass is 10.00. The number of benzene rings is 1. The van der Waals surface area contributed by atoms with Crippen molar-refractivity contribution < 1.29 is 15.0 Å². The molecule has 0 radical (unpaired) electrons. The molecule has 0 aliphatic heterocycles. The normalized spacial score (nSPS) is 12.2. The Morgan fingerprint density at radius 3 is 2.20 bits per heavy atom. The van der Waals surface area contributed by atoms with Gasteiger partial charge in [-0.05, 0) is 65.7 Å². The van der Waals surface area contributed by atoms with E-state index in [2.05, 4.69) is 30.6 Å². The molecule has 170 valence electrons. The summed E-state index contributed by atoms with van der Waals surface area (Å²) in [6.07, 6.45) is 4.21. The Balaban J connectivity index is 3.48. The fraction of sp³-hybridized carbons (Fsp3) is 0.625. The third-order valence-corrected chi connectivity index (χ3v) is 5.93. The van der Waals surface area contributed by atoms with E-state index in [0.29, 0.717) is 12.6 Å². The lowest BCUT2D eigenvalue weighted by Crippen LogP contribution is -2.45. The van der Waals surface area contributed by atoms with Gasteiger partial charge < -0.3 is 20.4 Å². The Kier molecular flexibility index (Phi) is 9.76. The first-order valence-electron chi connectivity index (χ1n) is 10.8. The number of nitrogens with one attached hydrogen (secondary N) is 1. The molecule has 6 heteroatoms. The minimum absolute atomic E-state index is 0.311. The van der Waals surface area contributed by atoms with E-state index in [1.807, 2.05) is 39.0 Å². The number of allylic oxidation sites excluding steroid dienone is 1. The summed E-state index contributed by atoms with van der Waals surface area (Å²) in [5, 5.41) is 23.5. The van der Waals surface area contributed by atoms with E-state index in [0.717, 1.165) is 47.7 Å². The van der Waals surface area contributed by atoms with Gasteiger partial charge in [0.1, 0.15) is 4.75 Å². The van der Waals surface area contributed by atoms with Crippen LogP contribution in [0, 0.1) is 0 Å². The van der Waals surface area contributed by atoms with E-state index in [1.54, 1.807) is 13.8 Å². The van der Waals surface area contributed by atoms with Crippen LogP contribution in [0.25, 0.3) is 0 Å². The lowest BCUT2D eigenvalue weighted by molar-refractivity contribution is -0.138. The summed E-state index contributed by atoms with van der Waals surface area (Å²) >= 11 is 1.32. The molecular formula is C24H40N2O3S. The highest BCUT2D eigenvalue weighted by Crippen LogP contribution is 2.39. The molecule has 30 heavy (non-hydrogen) atoms. The van der Waals surface area contributed by atoms with Crippen LogP contribution in [0.1, 0.15) is 74.1 Å². The number of anilines is 2. The third kappa shape index (κ3) is 8.23. The predicted octanol–water partition coefficient (Wildman–Crippen LogP) is 6.13. The number of rotatable bonds is 13. The molecule has 1 aromatic carbocycles. The summed E-state index contributed by atoms with van der Waals surface area (Å²) in [5.41, 5.74) is 1.85. The van der Waals surface area contributed by atoms with Crippen LogP contribution in [-0.2, 0) is 4.79 Å². The zero-order chi connectivity index (χ0) is 23.1. The van der Waals surface area contributed by atoms with Crippen molar-refractivity contribution in [3.05, 3.63) is 30.5 Å². The zero-order valence-electron chi connectivity index (χ0n) is 19.7. The molecule has 3 N–H and O–H groups in total. The third-order valence-electron chi connectivity index (χ3n) is 4.76. The molecule has 0 saturated carbocycles. The topological polar surface area (TPSA) is 72.8 Å². The van der Waals surface area contributed by atoms with Crippen molar-refractivity contribution in [2.45, 2.75) is 95.4 Å². The molecule has 0 heterocycles. The van der Waals surface area contributed by atoms with E-state index < -0.39 is 16.3 Å². The predicted molar refractivity (Wildman–Crippen MR) is 130 cm³/mol. The average molecular weight is 437 g/mol. The molecule has 0 spiro atoms. The Hall–Kier alpha value is -1.66. The van der Waals surface area contributed by atoms with Crippen molar-refractivity contribution in [1.29, 1.82) is 0 Å². The first-order chi connectivity index (χ1) is 13.8. The maximum atomic E-state index is 11.6. The average Bonchev–Trinajstić information content (AvgIpc) is 2.58. The van der Waals surface area contributed by atoms with Gasteiger partial charge in [0, 0.05) is 23.2 Å². The summed E-state index contributed by atoms with van der Waals surface area (Å²) in [7, 11) is 0. The number of nitrogens with zero attached hydrogens (tertiary/aromatic N) is 1. The van der Waals surface area contributed by atoms with Crippen molar-refractivity contribution in [2.24, 2.45) is 0 Å². The van der Waals surface area contributed by atoms with E-state index in [-0.39, 0.29) is 0 Å². The Morgan fingerprint density at radius 2 is 1.77 bits per heavy atom. The standard InChI is InChI=1S/C24H40N2O3S/c1-9-11-18(12-10-2)26(16-23(5,6)29)21-14-13-19(15-20(21)25-17(3)4)30-24(7,8)22(27)28/h13-15,18,25,29H,3,9-12,16H2,1-2,4-8H3,(H,27,28). The number of aliphatic carboxylic acids is 1. The Bertz CT molecular complexity index is 720. The molecule has 1 aromatic rings. The molecule has 0 atom stereocenters. The number of hydrogen-bond acceptors (Lipinski definition) is 5. The van der Waals surface area contributed by atoms with Gasteiger partial charge in [-0.2, -0.15) is 0 Å². The van der Waals surface area contributed by atoms with Crippen LogP contribution in [-0.4, -0.2) is 39.1 Å². The highest BCUT2D eigenvalue weighted by atomic mass is 32.2. The number of aliphatic hydroxyl groups is 1. The maximum Gasteiger partial charge on any atom is 0.319 e. The molecule has 0 fully saturated rings. The molecule has 0 unspecified atom stereocenters. The van der Waals surface area contributed by atoms with E-state index in [9.17, 15) is 15.0 Å². The second-order valence-electron chi connectivity index (χ2n) is 9.17. The largest absolute Gasteiger partial charge is 0.480 e. The van der Waals surface area contributed by atoms with Crippen molar-refractivity contribution in [1.82, 2.24) is 0 Å². The molecule has 0 aromatic heterocycles. The Morgan fingerprint density at radius 1 is 1.20 bits per heavy atom. The molecule has 5 nitrogen and oxygen atoms in total. The quantitative estimate of drug-likeness (QED) is 0.323. The van der Waals surface area contributed by atoms with Gasteiger partial charge in [-0.15, -0.1) is 11.8 Å². The number of carboxylic acid groups (broad SMARTS) is 1. The second-order valence-corrected chi connectivity index (χ2v) is 10.9. The number of hydrogen-bond donors (Lipinski definition) is 3. The van der Waals surface area contributed by atoms with Crippen molar-refractivity contribution >= 4 is 29.1 Å². The van der Waals surface area contributed by atoms with Gasteiger partial charge in [-0.1, -0.05) is 33.3 Å². The van der Waals surface area contributed by atoms with Gasteiger partial charge >= 0.3 is 5.97 Å². The number of thioether (sulfide) groups is 1. The molecule has 0 saturated heterocycles. The van der Waals surface area contributed by atoms with Gasteiger partial charge in [0.15, 0.2) is 0 Å². The van der Waals surface area contributed by atoms with Crippen LogP contribution >= 0.6 is 11.8 Å². The van der Waals surface area contributed by atoms with Gasteiger partial charge in [0.05, 0.1) is 17.0 Å². The van der Waals surface area contributed by atoms with E-state index in [4.69, 9.17) is 0 Å². The highest BCUT2D eigenvalue weighted by molar-refractivity contribution is 8.01. The fourth-order valence-corrected chi connectivity index (χ4v) is 4.44. The fourth-order valence-electron chi connectivity index (χ4n) is 3.45.